The van der Waals surface area contributed by atoms with Crippen LogP contribution >= 0.6 is 15.9 Å². The highest BCUT2D eigenvalue weighted by atomic mass is 79.9. The van der Waals surface area contributed by atoms with E-state index in [9.17, 15) is 0 Å². The second-order valence-corrected chi connectivity index (χ2v) is 4.29. The first-order chi connectivity index (χ1) is 7.81. The lowest BCUT2D eigenvalue weighted by atomic mass is 10.1. The molecule has 0 saturated carbocycles. The highest BCUT2D eigenvalue weighted by molar-refractivity contribution is 9.10. The van der Waals surface area contributed by atoms with Crippen LogP contribution in [0.5, 0.6) is 0 Å². The van der Waals surface area contributed by atoms with Crippen LogP contribution in [-0.4, -0.2) is 9.97 Å². The Kier molecular flexibility index (Phi) is 3.37. The Morgan fingerprint density at radius 3 is 2.88 bits per heavy atom. The highest BCUT2D eigenvalue weighted by Gasteiger charge is 2.05. The van der Waals surface area contributed by atoms with E-state index in [1.54, 1.807) is 6.33 Å². The van der Waals surface area contributed by atoms with Crippen molar-refractivity contribution in [2.45, 2.75) is 12.8 Å². The number of H-pyrrole nitrogens is 1. The van der Waals surface area contributed by atoms with E-state index in [0.29, 0.717) is 5.69 Å². The molecule has 0 fully saturated rings. The van der Waals surface area contributed by atoms with Gasteiger partial charge in [0, 0.05) is 4.47 Å². The van der Waals surface area contributed by atoms with Gasteiger partial charge in [-0.15, -0.1) is 0 Å². The molecule has 0 saturated heterocycles. The molecule has 0 atom stereocenters. The molecule has 2 rings (SSSR count). The van der Waals surface area contributed by atoms with E-state index < -0.39 is 0 Å². The number of nitrogens with zero attached hydrogens (tertiary/aromatic N) is 2. The number of rotatable bonds is 3. The zero-order valence-electron chi connectivity index (χ0n) is 8.57. The minimum Gasteiger partial charge on any atom is -0.347 e. The van der Waals surface area contributed by atoms with Crippen LogP contribution < -0.4 is 0 Å². The van der Waals surface area contributed by atoms with Gasteiger partial charge in [0.15, 0.2) is 5.69 Å². The molecule has 0 bridgehead atoms. The molecule has 4 heteroatoms. The van der Waals surface area contributed by atoms with Crippen LogP contribution in [0.3, 0.4) is 0 Å². The van der Waals surface area contributed by atoms with Gasteiger partial charge in [0.2, 0.25) is 0 Å². The SMILES string of the molecule is N#Cc1nc[nH]c1CCc1ccccc1Br. The van der Waals surface area contributed by atoms with Crippen LogP contribution in [0.1, 0.15) is 17.0 Å². The fourth-order valence-corrected chi connectivity index (χ4v) is 2.05. The van der Waals surface area contributed by atoms with E-state index in [0.717, 1.165) is 23.0 Å². The van der Waals surface area contributed by atoms with Gasteiger partial charge in [0.05, 0.1) is 12.0 Å². The number of hydrogen-bond acceptors (Lipinski definition) is 2. The molecule has 16 heavy (non-hydrogen) atoms. The number of imidazole rings is 1. The van der Waals surface area contributed by atoms with Gasteiger partial charge in [-0.05, 0) is 24.5 Å². The Hall–Kier alpha value is -1.60. The predicted octanol–water partition coefficient (Wildman–Crippen LogP) is 2.83. The first-order valence-corrected chi connectivity index (χ1v) is 5.76. The molecule has 2 aromatic rings. The Morgan fingerprint density at radius 1 is 1.31 bits per heavy atom. The molecule has 1 aromatic carbocycles. The van der Waals surface area contributed by atoms with Crippen molar-refractivity contribution >= 4 is 15.9 Å². The summed E-state index contributed by atoms with van der Waals surface area (Å²) in [6, 6.07) is 10.2. The lowest BCUT2D eigenvalue weighted by molar-refractivity contribution is 0.916. The molecule has 0 aliphatic carbocycles. The Morgan fingerprint density at radius 2 is 2.12 bits per heavy atom. The van der Waals surface area contributed by atoms with Crippen LogP contribution in [0.25, 0.3) is 0 Å². The summed E-state index contributed by atoms with van der Waals surface area (Å²) in [4.78, 5) is 6.94. The fourth-order valence-electron chi connectivity index (χ4n) is 1.57. The average molecular weight is 276 g/mol. The van der Waals surface area contributed by atoms with Gasteiger partial charge in [-0.3, -0.25) is 0 Å². The maximum atomic E-state index is 8.82. The molecule has 0 aliphatic heterocycles. The number of hydrogen-bond donors (Lipinski definition) is 1. The van der Waals surface area contributed by atoms with E-state index in [-0.39, 0.29) is 0 Å². The van der Waals surface area contributed by atoms with Crippen molar-refractivity contribution in [2.24, 2.45) is 0 Å². The number of nitriles is 1. The normalized spacial score (nSPS) is 10.0. The Bertz CT molecular complexity index is 523. The lowest BCUT2D eigenvalue weighted by Gasteiger charge is -2.02. The summed E-state index contributed by atoms with van der Waals surface area (Å²) in [5, 5.41) is 8.82. The smallest absolute Gasteiger partial charge is 0.161 e. The van der Waals surface area contributed by atoms with Crippen LogP contribution in [0.15, 0.2) is 35.1 Å². The summed E-state index contributed by atoms with van der Waals surface area (Å²) in [5.74, 6) is 0. The van der Waals surface area contributed by atoms with E-state index in [4.69, 9.17) is 5.26 Å². The molecule has 0 unspecified atom stereocenters. The monoisotopic (exact) mass is 275 g/mol. The summed E-state index contributed by atoms with van der Waals surface area (Å²) in [5.41, 5.74) is 2.63. The molecule has 0 radical (unpaired) electrons. The Balaban J connectivity index is 2.09. The molecule has 1 N–H and O–H groups in total. The minimum atomic E-state index is 0.493. The molecule has 80 valence electrons. The van der Waals surface area contributed by atoms with Crippen molar-refractivity contribution in [1.82, 2.24) is 9.97 Å². The minimum absolute atomic E-state index is 0.493. The molecule has 0 aliphatic rings. The van der Waals surface area contributed by atoms with Crippen LogP contribution in [0, 0.1) is 11.3 Å². The molecule has 3 nitrogen and oxygen atoms in total. The van der Waals surface area contributed by atoms with Crippen molar-refractivity contribution in [3.8, 4) is 6.07 Å². The van der Waals surface area contributed by atoms with Crippen molar-refractivity contribution in [3.05, 3.63) is 52.0 Å². The number of aromatic nitrogens is 2. The first-order valence-electron chi connectivity index (χ1n) is 4.97. The third-order valence-electron chi connectivity index (χ3n) is 2.43. The van der Waals surface area contributed by atoms with Crippen LogP contribution in [0.4, 0.5) is 0 Å². The average Bonchev–Trinajstić information content (AvgIpc) is 2.75. The molecule has 0 spiro atoms. The number of nitrogens with one attached hydrogen (secondary N) is 1. The third-order valence-corrected chi connectivity index (χ3v) is 3.20. The van der Waals surface area contributed by atoms with Gasteiger partial charge in [-0.25, -0.2) is 4.98 Å². The summed E-state index contributed by atoms with van der Waals surface area (Å²) < 4.78 is 1.10. The van der Waals surface area contributed by atoms with Crippen molar-refractivity contribution < 1.29 is 0 Å². The maximum absolute atomic E-state index is 8.82. The van der Waals surface area contributed by atoms with Gasteiger partial charge in [0.25, 0.3) is 0 Å². The number of benzene rings is 1. The lowest BCUT2D eigenvalue weighted by Crippen LogP contribution is -1.95. The zero-order valence-corrected chi connectivity index (χ0v) is 10.2. The van der Waals surface area contributed by atoms with E-state index in [2.05, 4.69) is 38.0 Å². The summed E-state index contributed by atoms with van der Waals surface area (Å²) in [7, 11) is 0. The second-order valence-electron chi connectivity index (χ2n) is 3.43. The van der Waals surface area contributed by atoms with Crippen molar-refractivity contribution in [3.63, 3.8) is 0 Å². The largest absolute Gasteiger partial charge is 0.347 e. The van der Waals surface area contributed by atoms with Gasteiger partial charge in [0.1, 0.15) is 6.07 Å². The number of aryl methyl sites for hydroxylation is 2. The van der Waals surface area contributed by atoms with Gasteiger partial charge < -0.3 is 4.98 Å². The molecular formula is C12H10BrN3. The van der Waals surface area contributed by atoms with Gasteiger partial charge in [-0.1, -0.05) is 34.1 Å². The number of halogens is 1. The van der Waals surface area contributed by atoms with Crippen LogP contribution in [0.2, 0.25) is 0 Å². The zero-order chi connectivity index (χ0) is 11.4. The Labute approximate surface area is 102 Å². The van der Waals surface area contributed by atoms with E-state index >= 15 is 0 Å². The van der Waals surface area contributed by atoms with Crippen LogP contribution in [-0.2, 0) is 12.8 Å². The molecule has 0 amide bonds. The molecular weight excluding hydrogens is 266 g/mol. The number of aromatic amines is 1. The first kappa shape index (κ1) is 10.9. The molecule has 1 aromatic heterocycles. The van der Waals surface area contributed by atoms with E-state index in [1.165, 1.54) is 5.56 Å². The summed E-state index contributed by atoms with van der Waals surface area (Å²) in [6.07, 6.45) is 3.25. The van der Waals surface area contributed by atoms with Crippen molar-refractivity contribution in [2.75, 3.05) is 0 Å². The predicted molar refractivity (Wildman–Crippen MR) is 64.9 cm³/mol. The third kappa shape index (κ3) is 2.31. The summed E-state index contributed by atoms with van der Waals surface area (Å²) >= 11 is 3.51. The highest BCUT2D eigenvalue weighted by Crippen LogP contribution is 2.18. The van der Waals surface area contributed by atoms with Crippen molar-refractivity contribution in [1.29, 1.82) is 5.26 Å². The van der Waals surface area contributed by atoms with Gasteiger partial charge in [-0.2, -0.15) is 5.26 Å². The fraction of sp³-hybridized carbons (Fsp3) is 0.167. The summed E-state index contributed by atoms with van der Waals surface area (Å²) in [6.45, 7) is 0. The van der Waals surface area contributed by atoms with Gasteiger partial charge >= 0.3 is 0 Å². The maximum Gasteiger partial charge on any atom is 0.161 e. The van der Waals surface area contributed by atoms with E-state index in [1.807, 2.05) is 18.2 Å². The standard InChI is InChI=1S/C12H10BrN3/c13-10-4-2-1-3-9(10)5-6-11-12(7-14)16-8-15-11/h1-4,8H,5-6H2,(H,15,16). The molecule has 1 heterocycles. The second kappa shape index (κ2) is 4.95. The topological polar surface area (TPSA) is 52.5 Å². The quantitative estimate of drug-likeness (QED) is 0.937.